The van der Waals surface area contributed by atoms with Crippen molar-refractivity contribution in [2.45, 2.75) is 32.6 Å². The third-order valence-electron chi connectivity index (χ3n) is 3.71. The molecule has 1 amide bonds. The van der Waals surface area contributed by atoms with Crippen LogP contribution in [0, 0.1) is 5.92 Å². The van der Waals surface area contributed by atoms with Crippen molar-refractivity contribution in [1.29, 1.82) is 0 Å². The number of methoxy groups -OCH3 is 1. The van der Waals surface area contributed by atoms with Crippen molar-refractivity contribution in [3.63, 3.8) is 0 Å². The van der Waals surface area contributed by atoms with Crippen molar-refractivity contribution < 1.29 is 9.53 Å². The number of benzene rings is 1. The van der Waals surface area contributed by atoms with Crippen LogP contribution in [0.2, 0.25) is 0 Å². The number of carbonyl (C=O) groups excluding carboxylic acids is 1. The SMILES string of the molecule is COc1ccc(C2CCN(C(=O)CC(C)C)C2)cc1. The number of carbonyl (C=O) groups is 1. The average molecular weight is 261 g/mol. The van der Waals surface area contributed by atoms with Crippen LogP contribution in [0.15, 0.2) is 24.3 Å². The van der Waals surface area contributed by atoms with Gasteiger partial charge in [0.05, 0.1) is 7.11 Å². The van der Waals surface area contributed by atoms with Crippen LogP contribution < -0.4 is 4.74 Å². The molecule has 1 fully saturated rings. The summed E-state index contributed by atoms with van der Waals surface area (Å²) in [5.41, 5.74) is 1.31. The molecule has 19 heavy (non-hydrogen) atoms. The highest BCUT2D eigenvalue weighted by Crippen LogP contribution is 2.29. The molecule has 1 unspecified atom stereocenters. The van der Waals surface area contributed by atoms with Gasteiger partial charge in [0.15, 0.2) is 0 Å². The molecule has 3 heteroatoms. The third-order valence-corrected chi connectivity index (χ3v) is 3.71. The summed E-state index contributed by atoms with van der Waals surface area (Å²) in [6.07, 6.45) is 1.73. The Morgan fingerprint density at radius 1 is 1.37 bits per heavy atom. The fourth-order valence-electron chi connectivity index (χ4n) is 2.61. The molecule has 0 spiro atoms. The molecule has 3 nitrogen and oxygen atoms in total. The van der Waals surface area contributed by atoms with Gasteiger partial charge in [-0.2, -0.15) is 0 Å². The summed E-state index contributed by atoms with van der Waals surface area (Å²) in [6.45, 7) is 5.93. The van der Waals surface area contributed by atoms with E-state index in [0.29, 0.717) is 24.2 Å². The molecule has 0 N–H and O–H groups in total. The van der Waals surface area contributed by atoms with Gasteiger partial charge in [-0.15, -0.1) is 0 Å². The van der Waals surface area contributed by atoms with Crippen LogP contribution in [0.5, 0.6) is 5.75 Å². The zero-order valence-electron chi connectivity index (χ0n) is 12.1. The first kappa shape index (κ1) is 13.9. The zero-order valence-corrected chi connectivity index (χ0v) is 12.1. The summed E-state index contributed by atoms with van der Waals surface area (Å²) in [6, 6.07) is 8.21. The summed E-state index contributed by atoms with van der Waals surface area (Å²) in [7, 11) is 1.68. The van der Waals surface area contributed by atoms with E-state index in [1.165, 1.54) is 5.56 Å². The Kier molecular flexibility index (Phi) is 4.46. The van der Waals surface area contributed by atoms with Gasteiger partial charge < -0.3 is 9.64 Å². The number of rotatable bonds is 4. The Morgan fingerprint density at radius 2 is 2.05 bits per heavy atom. The lowest BCUT2D eigenvalue weighted by atomic mass is 9.98. The summed E-state index contributed by atoms with van der Waals surface area (Å²) < 4.78 is 5.17. The minimum Gasteiger partial charge on any atom is -0.497 e. The van der Waals surface area contributed by atoms with E-state index >= 15 is 0 Å². The number of hydrogen-bond donors (Lipinski definition) is 0. The predicted octanol–water partition coefficient (Wildman–Crippen LogP) is 3.06. The molecule has 1 saturated heterocycles. The molecule has 1 aliphatic heterocycles. The number of amides is 1. The van der Waals surface area contributed by atoms with Gasteiger partial charge in [-0.25, -0.2) is 0 Å². The lowest BCUT2D eigenvalue weighted by Gasteiger charge is -2.18. The summed E-state index contributed by atoms with van der Waals surface area (Å²) in [5.74, 6) is 2.09. The molecule has 2 rings (SSSR count). The first-order chi connectivity index (χ1) is 9.10. The summed E-state index contributed by atoms with van der Waals surface area (Å²) in [4.78, 5) is 14.0. The normalized spacial score (nSPS) is 18.9. The highest BCUT2D eigenvalue weighted by Gasteiger charge is 2.27. The minimum atomic E-state index is 0.297. The Bertz CT molecular complexity index is 425. The molecule has 1 aliphatic rings. The molecule has 1 atom stereocenters. The van der Waals surface area contributed by atoms with Gasteiger partial charge in [0, 0.05) is 25.4 Å². The standard InChI is InChI=1S/C16H23NO2/c1-12(2)10-16(18)17-9-8-14(11-17)13-4-6-15(19-3)7-5-13/h4-7,12,14H,8-11H2,1-3H3. The molecule has 0 aliphatic carbocycles. The maximum Gasteiger partial charge on any atom is 0.222 e. The lowest BCUT2D eigenvalue weighted by molar-refractivity contribution is -0.130. The highest BCUT2D eigenvalue weighted by atomic mass is 16.5. The van der Waals surface area contributed by atoms with Crippen LogP contribution in [0.3, 0.4) is 0 Å². The van der Waals surface area contributed by atoms with Crippen molar-refractivity contribution in [2.24, 2.45) is 5.92 Å². The van der Waals surface area contributed by atoms with Crippen LogP contribution in [0.25, 0.3) is 0 Å². The van der Waals surface area contributed by atoms with Crippen LogP contribution >= 0.6 is 0 Å². The zero-order chi connectivity index (χ0) is 13.8. The Morgan fingerprint density at radius 3 is 2.63 bits per heavy atom. The molecular formula is C16H23NO2. The molecule has 0 radical (unpaired) electrons. The van der Waals surface area contributed by atoms with Gasteiger partial charge in [0.2, 0.25) is 5.91 Å². The summed E-state index contributed by atoms with van der Waals surface area (Å²) in [5, 5.41) is 0. The van der Waals surface area contributed by atoms with Crippen molar-refractivity contribution in [1.82, 2.24) is 4.90 Å². The van der Waals surface area contributed by atoms with E-state index in [1.54, 1.807) is 7.11 Å². The molecular weight excluding hydrogens is 238 g/mol. The van der Waals surface area contributed by atoms with Gasteiger partial charge >= 0.3 is 0 Å². The molecule has 1 aromatic carbocycles. The largest absolute Gasteiger partial charge is 0.497 e. The third kappa shape index (κ3) is 3.49. The highest BCUT2D eigenvalue weighted by molar-refractivity contribution is 5.76. The first-order valence-corrected chi connectivity index (χ1v) is 7.02. The fourth-order valence-corrected chi connectivity index (χ4v) is 2.61. The smallest absolute Gasteiger partial charge is 0.222 e. The minimum absolute atomic E-state index is 0.297. The molecule has 0 aromatic heterocycles. The van der Waals surface area contributed by atoms with Crippen molar-refractivity contribution in [3.05, 3.63) is 29.8 Å². The van der Waals surface area contributed by atoms with Crippen molar-refractivity contribution >= 4 is 5.91 Å². The second-order valence-corrected chi connectivity index (χ2v) is 5.70. The van der Waals surface area contributed by atoms with E-state index in [1.807, 2.05) is 17.0 Å². The van der Waals surface area contributed by atoms with Crippen LogP contribution in [0.4, 0.5) is 0 Å². The quantitative estimate of drug-likeness (QED) is 0.833. The lowest BCUT2D eigenvalue weighted by Crippen LogP contribution is -2.29. The number of ether oxygens (including phenoxy) is 1. The number of nitrogens with zero attached hydrogens (tertiary/aromatic N) is 1. The van der Waals surface area contributed by atoms with Gasteiger partial charge in [0.1, 0.15) is 5.75 Å². The van der Waals surface area contributed by atoms with Crippen LogP contribution in [-0.4, -0.2) is 31.0 Å². The topological polar surface area (TPSA) is 29.5 Å². The molecule has 104 valence electrons. The Labute approximate surface area is 115 Å². The van der Waals surface area contributed by atoms with E-state index < -0.39 is 0 Å². The van der Waals surface area contributed by atoms with Gasteiger partial charge in [0.25, 0.3) is 0 Å². The molecule has 1 aromatic rings. The monoisotopic (exact) mass is 261 g/mol. The molecule has 0 bridgehead atoms. The van der Waals surface area contributed by atoms with Crippen molar-refractivity contribution in [2.75, 3.05) is 20.2 Å². The molecule has 1 heterocycles. The number of likely N-dealkylation sites (tertiary alicyclic amines) is 1. The predicted molar refractivity (Wildman–Crippen MR) is 76.4 cm³/mol. The Balaban J connectivity index is 1.95. The van der Waals surface area contributed by atoms with Gasteiger partial charge in [-0.3, -0.25) is 4.79 Å². The van der Waals surface area contributed by atoms with Gasteiger partial charge in [-0.1, -0.05) is 26.0 Å². The number of hydrogen-bond acceptors (Lipinski definition) is 2. The fraction of sp³-hybridized carbons (Fsp3) is 0.562. The first-order valence-electron chi connectivity index (χ1n) is 7.02. The summed E-state index contributed by atoms with van der Waals surface area (Å²) >= 11 is 0. The van der Waals surface area contributed by atoms with Gasteiger partial charge in [-0.05, 0) is 30.0 Å². The van der Waals surface area contributed by atoms with E-state index in [0.717, 1.165) is 25.3 Å². The van der Waals surface area contributed by atoms with E-state index in [-0.39, 0.29) is 0 Å². The maximum absolute atomic E-state index is 12.0. The second kappa shape index (κ2) is 6.09. The van der Waals surface area contributed by atoms with E-state index in [2.05, 4.69) is 26.0 Å². The van der Waals surface area contributed by atoms with Crippen LogP contribution in [0.1, 0.15) is 38.2 Å². The average Bonchev–Trinajstić information content (AvgIpc) is 2.88. The van der Waals surface area contributed by atoms with E-state index in [9.17, 15) is 4.79 Å². The van der Waals surface area contributed by atoms with Crippen molar-refractivity contribution in [3.8, 4) is 5.75 Å². The Hall–Kier alpha value is -1.51. The maximum atomic E-state index is 12.0. The second-order valence-electron chi connectivity index (χ2n) is 5.70. The molecule has 0 saturated carbocycles. The van der Waals surface area contributed by atoms with E-state index in [4.69, 9.17) is 4.74 Å². The van der Waals surface area contributed by atoms with Crippen LogP contribution in [-0.2, 0) is 4.79 Å².